The monoisotopic (exact) mass is 293 g/mol. The van der Waals surface area contributed by atoms with Crippen molar-refractivity contribution >= 4 is 5.69 Å². The number of hydrogen-bond acceptors (Lipinski definition) is 3. The van der Waals surface area contributed by atoms with Gasteiger partial charge in [-0.15, -0.1) is 0 Å². The van der Waals surface area contributed by atoms with Gasteiger partial charge in [-0.05, 0) is 35.2 Å². The Labute approximate surface area is 132 Å². The average molecular weight is 293 g/mol. The molecule has 2 aliphatic heterocycles. The van der Waals surface area contributed by atoms with Gasteiger partial charge in [-0.25, -0.2) is 0 Å². The van der Waals surface area contributed by atoms with Crippen molar-refractivity contribution in [3.05, 3.63) is 65.2 Å². The first-order valence-electron chi connectivity index (χ1n) is 8.05. The summed E-state index contributed by atoms with van der Waals surface area (Å²) in [5.41, 5.74) is 5.63. The van der Waals surface area contributed by atoms with E-state index in [0.29, 0.717) is 12.2 Å². The van der Waals surface area contributed by atoms with E-state index in [4.69, 9.17) is 0 Å². The second-order valence-electron chi connectivity index (χ2n) is 6.60. The molecule has 114 valence electrons. The minimum Gasteiger partial charge on any atom is -0.378 e. The number of nitrogens with zero attached hydrogens (tertiary/aromatic N) is 2. The Morgan fingerprint density at radius 3 is 2.45 bits per heavy atom. The van der Waals surface area contributed by atoms with E-state index in [9.17, 15) is 0 Å². The Morgan fingerprint density at radius 1 is 1.00 bits per heavy atom. The molecule has 22 heavy (non-hydrogen) atoms. The molecular weight excluding hydrogens is 270 g/mol. The lowest BCUT2D eigenvalue weighted by Gasteiger charge is -2.34. The molecule has 0 aromatic heterocycles. The van der Waals surface area contributed by atoms with Crippen molar-refractivity contribution < 1.29 is 0 Å². The minimum absolute atomic E-state index is 0.342. The molecule has 4 rings (SSSR count). The van der Waals surface area contributed by atoms with Crippen molar-refractivity contribution in [2.24, 2.45) is 0 Å². The number of fused-ring (bicyclic) bond motifs is 2. The van der Waals surface area contributed by atoms with Gasteiger partial charge in [-0.1, -0.05) is 36.4 Å². The van der Waals surface area contributed by atoms with Crippen LogP contribution < -0.4 is 10.2 Å². The summed E-state index contributed by atoms with van der Waals surface area (Å²) in [6.07, 6.45) is 1.50. The van der Waals surface area contributed by atoms with Crippen LogP contribution in [0.3, 0.4) is 0 Å². The summed E-state index contributed by atoms with van der Waals surface area (Å²) in [5, 5.41) is 3.71. The van der Waals surface area contributed by atoms with Gasteiger partial charge in [0, 0.05) is 38.9 Å². The van der Waals surface area contributed by atoms with Crippen LogP contribution in [0, 0.1) is 0 Å². The highest BCUT2D eigenvalue weighted by atomic mass is 15.4. The maximum atomic E-state index is 3.71. The summed E-state index contributed by atoms with van der Waals surface area (Å²) < 4.78 is 0. The maximum absolute atomic E-state index is 3.71. The molecule has 0 saturated carbocycles. The minimum atomic E-state index is 0.342. The molecule has 2 aromatic rings. The molecule has 0 unspecified atom stereocenters. The van der Waals surface area contributed by atoms with Crippen molar-refractivity contribution in [1.82, 2.24) is 10.2 Å². The quantitative estimate of drug-likeness (QED) is 0.918. The first kappa shape index (κ1) is 13.8. The molecule has 0 spiro atoms. The Kier molecular flexibility index (Phi) is 3.40. The van der Waals surface area contributed by atoms with Gasteiger partial charge in [-0.3, -0.25) is 10.2 Å². The van der Waals surface area contributed by atoms with Gasteiger partial charge in [0.25, 0.3) is 0 Å². The van der Waals surface area contributed by atoms with Crippen LogP contribution in [0.1, 0.15) is 22.9 Å². The summed E-state index contributed by atoms with van der Waals surface area (Å²) >= 11 is 0. The molecule has 0 aliphatic carbocycles. The third kappa shape index (κ3) is 2.31. The molecule has 0 radical (unpaired) electrons. The van der Waals surface area contributed by atoms with Crippen LogP contribution in [0.15, 0.2) is 48.5 Å². The van der Waals surface area contributed by atoms with E-state index in [1.54, 1.807) is 0 Å². The Morgan fingerprint density at radius 2 is 1.73 bits per heavy atom. The topological polar surface area (TPSA) is 18.5 Å². The molecule has 2 aliphatic rings. The second kappa shape index (κ2) is 5.41. The van der Waals surface area contributed by atoms with E-state index in [2.05, 4.69) is 77.7 Å². The van der Waals surface area contributed by atoms with Crippen molar-refractivity contribution in [2.45, 2.75) is 25.2 Å². The van der Waals surface area contributed by atoms with Gasteiger partial charge in [0.1, 0.15) is 0 Å². The molecule has 2 aromatic carbocycles. The predicted octanol–water partition coefficient (Wildman–Crippen LogP) is 2.78. The Balaban J connectivity index is 1.60. The third-order valence-corrected chi connectivity index (χ3v) is 5.00. The van der Waals surface area contributed by atoms with Gasteiger partial charge in [-0.2, -0.15) is 0 Å². The lowest BCUT2D eigenvalue weighted by Crippen LogP contribution is -2.38. The fourth-order valence-electron chi connectivity index (χ4n) is 3.73. The molecule has 2 heterocycles. The van der Waals surface area contributed by atoms with Crippen LogP contribution in [0.25, 0.3) is 0 Å². The number of anilines is 1. The number of hydrogen-bond donors (Lipinski definition) is 1. The zero-order valence-corrected chi connectivity index (χ0v) is 13.3. The highest BCUT2D eigenvalue weighted by Crippen LogP contribution is 2.34. The van der Waals surface area contributed by atoms with E-state index < -0.39 is 0 Å². The highest BCUT2D eigenvalue weighted by molar-refractivity contribution is 5.46. The zero-order valence-electron chi connectivity index (χ0n) is 13.3. The first-order chi connectivity index (χ1) is 10.7. The maximum Gasteiger partial charge on any atom is 0.0867 e. The summed E-state index contributed by atoms with van der Waals surface area (Å²) in [6, 6.07) is 18.4. The van der Waals surface area contributed by atoms with Crippen LogP contribution in [0.2, 0.25) is 0 Å². The van der Waals surface area contributed by atoms with E-state index >= 15 is 0 Å². The van der Waals surface area contributed by atoms with Gasteiger partial charge >= 0.3 is 0 Å². The van der Waals surface area contributed by atoms with E-state index in [-0.39, 0.29) is 0 Å². The molecule has 3 nitrogen and oxygen atoms in total. The van der Waals surface area contributed by atoms with Crippen molar-refractivity contribution in [3.63, 3.8) is 0 Å². The summed E-state index contributed by atoms with van der Waals surface area (Å²) in [5.74, 6) is 0. The average Bonchev–Trinajstić information content (AvgIpc) is 2.95. The third-order valence-electron chi connectivity index (χ3n) is 5.00. The van der Waals surface area contributed by atoms with Crippen LogP contribution >= 0.6 is 0 Å². The highest BCUT2D eigenvalue weighted by Gasteiger charge is 2.37. The van der Waals surface area contributed by atoms with Crippen LogP contribution in [0.4, 0.5) is 5.69 Å². The van der Waals surface area contributed by atoms with Crippen LogP contribution in [-0.2, 0) is 13.0 Å². The number of nitrogens with one attached hydrogen (secondary N) is 1. The van der Waals surface area contributed by atoms with Crippen molar-refractivity contribution in [3.8, 4) is 0 Å². The molecule has 0 bridgehead atoms. The lowest BCUT2D eigenvalue weighted by molar-refractivity contribution is 0.167. The summed E-state index contributed by atoms with van der Waals surface area (Å²) in [7, 11) is 4.17. The standard InChI is InChI=1S/C19H23N3/c1-21(2)17-9-7-14(8-10-17)19-20-12-18-11-15-5-3-4-6-16(15)13-22(18)19/h3-10,18-20H,11-13H2,1-2H3/t18-,19+/m1/s1. The van der Waals surface area contributed by atoms with E-state index in [1.165, 1.54) is 22.4 Å². The fourth-order valence-corrected chi connectivity index (χ4v) is 3.73. The smallest absolute Gasteiger partial charge is 0.0867 e. The van der Waals surface area contributed by atoms with Gasteiger partial charge in [0.15, 0.2) is 0 Å². The summed E-state index contributed by atoms with van der Waals surface area (Å²) in [4.78, 5) is 4.76. The van der Waals surface area contributed by atoms with Gasteiger partial charge in [0.2, 0.25) is 0 Å². The van der Waals surface area contributed by atoms with Crippen LogP contribution in [-0.4, -0.2) is 31.6 Å². The largest absolute Gasteiger partial charge is 0.378 e. The molecule has 3 heteroatoms. The number of benzene rings is 2. The SMILES string of the molecule is CN(C)c1ccc([C@H]2NC[C@H]3Cc4ccccc4CN32)cc1. The van der Waals surface area contributed by atoms with Crippen molar-refractivity contribution in [1.29, 1.82) is 0 Å². The molecular formula is C19H23N3. The molecule has 1 N–H and O–H groups in total. The molecule has 1 saturated heterocycles. The zero-order chi connectivity index (χ0) is 15.1. The van der Waals surface area contributed by atoms with Gasteiger partial charge in [0.05, 0.1) is 6.17 Å². The predicted molar refractivity (Wildman–Crippen MR) is 91.0 cm³/mol. The van der Waals surface area contributed by atoms with Crippen molar-refractivity contribution in [2.75, 3.05) is 25.5 Å². The van der Waals surface area contributed by atoms with Gasteiger partial charge < -0.3 is 4.90 Å². The fraction of sp³-hybridized carbons (Fsp3) is 0.368. The molecule has 0 amide bonds. The normalized spacial score (nSPS) is 23.9. The Bertz CT molecular complexity index is 663. The molecule has 1 fully saturated rings. The number of rotatable bonds is 2. The lowest BCUT2D eigenvalue weighted by atomic mass is 9.94. The molecule has 2 atom stereocenters. The van der Waals surface area contributed by atoms with E-state index in [1.807, 2.05) is 0 Å². The second-order valence-corrected chi connectivity index (χ2v) is 6.60. The summed E-state index contributed by atoms with van der Waals surface area (Å²) in [6.45, 7) is 2.13. The van der Waals surface area contributed by atoms with E-state index in [0.717, 1.165) is 19.5 Å². The first-order valence-corrected chi connectivity index (χ1v) is 8.05. The van der Waals surface area contributed by atoms with Crippen LogP contribution in [0.5, 0.6) is 0 Å². The Hall–Kier alpha value is -1.84.